The summed E-state index contributed by atoms with van der Waals surface area (Å²) in [4.78, 5) is 0. The lowest BCUT2D eigenvalue weighted by Gasteiger charge is -2.30. The van der Waals surface area contributed by atoms with Crippen LogP contribution in [-0.2, 0) is 9.47 Å². The van der Waals surface area contributed by atoms with Crippen LogP contribution in [0.15, 0.2) is 0 Å². The third-order valence-electron chi connectivity index (χ3n) is 3.40. The molecule has 1 aliphatic carbocycles. The van der Waals surface area contributed by atoms with Crippen molar-refractivity contribution in [2.75, 3.05) is 26.9 Å². The molecule has 1 rings (SSSR count). The van der Waals surface area contributed by atoms with Crippen molar-refractivity contribution in [3.63, 3.8) is 0 Å². The molecule has 0 bridgehead atoms. The third kappa shape index (κ3) is 4.81. The molecule has 1 saturated carbocycles. The first-order valence-corrected chi connectivity index (χ1v) is 6.61. The molecule has 96 valence electrons. The zero-order valence-electron chi connectivity index (χ0n) is 11.0. The normalized spacial score (nSPS) is 27.9. The van der Waals surface area contributed by atoms with Gasteiger partial charge in [-0.05, 0) is 25.3 Å². The SMILES string of the molecule is CCNC(COC)COC1CCCCC1C. The molecular formula is C13H27NO2. The van der Waals surface area contributed by atoms with Crippen molar-refractivity contribution in [2.24, 2.45) is 5.92 Å². The molecule has 0 aromatic heterocycles. The second kappa shape index (κ2) is 8.04. The maximum Gasteiger partial charge on any atom is 0.0646 e. The van der Waals surface area contributed by atoms with Gasteiger partial charge in [0.25, 0.3) is 0 Å². The lowest BCUT2D eigenvalue weighted by molar-refractivity contribution is -0.0236. The van der Waals surface area contributed by atoms with Gasteiger partial charge >= 0.3 is 0 Å². The van der Waals surface area contributed by atoms with Crippen molar-refractivity contribution < 1.29 is 9.47 Å². The van der Waals surface area contributed by atoms with Crippen LogP contribution >= 0.6 is 0 Å². The molecule has 0 radical (unpaired) electrons. The first-order chi connectivity index (χ1) is 7.77. The molecule has 3 atom stereocenters. The van der Waals surface area contributed by atoms with Crippen molar-refractivity contribution >= 4 is 0 Å². The Bertz CT molecular complexity index is 169. The molecule has 3 heteroatoms. The van der Waals surface area contributed by atoms with Crippen molar-refractivity contribution in [3.05, 3.63) is 0 Å². The summed E-state index contributed by atoms with van der Waals surface area (Å²) in [5, 5.41) is 3.39. The number of hydrogen-bond acceptors (Lipinski definition) is 3. The van der Waals surface area contributed by atoms with E-state index in [1.807, 2.05) is 0 Å². The van der Waals surface area contributed by atoms with Crippen LogP contribution in [0.25, 0.3) is 0 Å². The van der Waals surface area contributed by atoms with Gasteiger partial charge < -0.3 is 14.8 Å². The highest BCUT2D eigenvalue weighted by Crippen LogP contribution is 2.26. The molecule has 0 aromatic carbocycles. The van der Waals surface area contributed by atoms with Crippen LogP contribution in [-0.4, -0.2) is 39.0 Å². The Kier molecular flexibility index (Phi) is 7.01. The Morgan fingerprint density at radius 1 is 1.25 bits per heavy atom. The van der Waals surface area contributed by atoms with Crippen molar-refractivity contribution in [1.82, 2.24) is 5.32 Å². The molecule has 1 aliphatic rings. The average molecular weight is 229 g/mol. The fraction of sp³-hybridized carbons (Fsp3) is 1.00. The zero-order chi connectivity index (χ0) is 11.8. The number of hydrogen-bond donors (Lipinski definition) is 1. The minimum Gasteiger partial charge on any atom is -0.383 e. The lowest BCUT2D eigenvalue weighted by atomic mass is 9.88. The van der Waals surface area contributed by atoms with E-state index in [4.69, 9.17) is 9.47 Å². The molecule has 0 heterocycles. The second-order valence-electron chi connectivity index (χ2n) is 4.84. The third-order valence-corrected chi connectivity index (χ3v) is 3.40. The maximum atomic E-state index is 6.02. The number of nitrogens with one attached hydrogen (secondary N) is 1. The van der Waals surface area contributed by atoms with Crippen LogP contribution in [0.3, 0.4) is 0 Å². The van der Waals surface area contributed by atoms with Gasteiger partial charge in [0.1, 0.15) is 0 Å². The molecule has 3 nitrogen and oxygen atoms in total. The number of rotatable bonds is 7. The minimum atomic E-state index is 0.337. The number of likely N-dealkylation sites (N-methyl/N-ethyl adjacent to an activating group) is 1. The van der Waals surface area contributed by atoms with E-state index >= 15 is 0 Å². The highest BCUT2D eigenvalue weighted by molar-refractivity contribution is 4.74. The maximum absolute atomic E-state index is 6.02. The number of ether oxygens (including phenoxy) is 2. The minimum absolute atomic E-state index is 0.337. The van der Waals surface area contributed by atoms with Gasteiger partial charge in [-0.3, -0.25) is 0 Å². The molecular weight excluding hydrogens is 202 g/mol. The van der Waals surface area contributed by atoms with Crippen molar-refractivity contribution in [2.45, 2.75) is 51.7 Å². The fourth-order valence-electron chi connectivity index (χ4n) is 2.43. The smallest absolute Gasteiger partial charge is 0.0646 e. The van der Waals surface area contributed by atoms with Gasteiger partial charge in [0.2, 0.25) is 0 Å². The summed E-state index contributed by atoms with van der Waals surface area (Å²) >= 11 is 0. The molecule has 3 unspecified atom stereocenters. The zero-order valence-corrected chi connectivity index (χ0v) is 11.0. The van der Waals surface area contributed by atoms with E-state index in [9.17, 15) is 0 Å². The Balaban J connectivity index is 2.23. The van der Waals surface area contributed by atoms with E-state index in [2.05, 4.69) is 19.2 Å². The Morgan fingerprint density at radius 3 is 2.62 bits per heavy atom. The first kappa shape index (κ1) is 13.9. The molecule has 1 fully saturated rings. The van der Waals surface area contributed by atoms with E-state index in [1.165, 1.54) is 25.7 Å². The lowest BCUT2D eigenvalue weighted by Crippen LogP contribution is -2.39. The largest absolute Gasteiger partial charge is 0.383 e. The van der Waals surface area contributed by atoms with Crippen molar-refractivity contribution in [3.8, 4) is 0 Å². The van der Waals surface area contributed by atoms with Crippen LogP contribution < -0.4 is 5.32 Å². The Labute approximate surface area is 99.9 Å². The summed E-state index contributed by atoms with van der Waals surface area (Å²) in [5.74, 6) is 0.721. The number of methoxy groups -OCH3 is 1. The molecule has 0 aromatic rings. The Morgan fingerprint density at radius 2 is 2.00 bits per heavy atom. The van der Waals surface area contributed by atoms with E-state index < -0.39 is 0 Å². The molecule has 0 amide bonds. The first-order valence-electron chi connectivity index (χ1n) is 6.61. The summed E-state index contributed by atoms with van der Waals surface area (Å²) in [6, 6.07) is 0.337. The van der Waals surface area contributed by atoms with Crippen LogP contribution in [0.1, 0.15) is 39.5 Å². The predicted octanol–water partition coefficient (Wildman–Crippen LogP) is 2.21. The topological polar surface area (TPSA) is 30.5 Å². The van der Waals surface area contributed by atoms with Crippen LogP contribution in [0.5, 0.6) is 0 Å². The predicted molar refractivity (Wildman–Crippen MR) is 66.7 cm³/mol. The highest BCUT2D eigenvalue weighted by Gasteiger charge is 2.22. The van der Waals surface area contributed by atoms with Crippen LogP contribution in [0.4, 0.5) is 0 Å². The summed E-state index contributed by atoms with van der Waals surface area (Å²) in [6.07, 6.45) is 5.71. The second-order valence-corrected chi connectivity index (χ2v) is 4.84. The monoisotopic (exact) mass is 229 g/mol. The van der Waals surface area contributed by atoms with E-state index in [1.54, 1.807) is 7.11 Å². The van der Waals surface area contributed by atoms with Gasteiger partial charge in [0, 0.05) is 7.11 Å². The summed E-state index contributed by atoms with van der Waals surface area (Å²) in [7, 11) is 1.74. The molecule has 1 N–H and O–H groups in total. The van der Waals surface area contributed by atoms with Gasteiger partial charge in [-0.25, -0.2) is 0 Å². The summed E-state index contributed by atoms with van der Waals surface area (Å²) in [5.41, 5.74) is 0. The van der Waals surface area contributed by atoms with Gasteiger partial charge in [-0.2, -0.15) is 0 Å². The van der Waals surface area contributed by atoms with Gasteiger partial charge in [-0.15, -0.1) is 0 Å². The Hall–Kier alpha value is -0.120. The van der Waals surface area contributed by atoms with Crippen LogP contribution in [0.2, 0.25) is 0 Å². The average Bonchev–Trinajstić information content (AvgIpc) is 2.28. The highest BCUT2D eigenvalue weighted by atomic mass is 16.5. The molecule has 0 spiro atoms. The molecule has 0 saturated heterocycles. The summed E-state index contributed by atoms with van der Waals surface area (Å²) < 4.78 is 11.2. The van der Waals surface area contributed by atoms with E-state index in [0.717, 1.165) is 25.7 Å². The standard InChI is InChI=1S/C13H27NO2/c1-4-14-12(9-15-3)10-16-13-8-6-5-7-11(13)2/h11-14H,4-10H2,1-3H3. The van der Waals surface area contributed by atoms with Gasteiger partial charge in [0.05, 0.1) is 25.4 Å². The van der Waals surface area contributed by atoms with Gasteiger partial charge in [-0.1, -0.05) is 26.7 Å². The van der Waals surface area contributed by atoms with Crippen LogP contribution in [0, 0.1) is 5.92 Å². The van der Waals surface area contributed by atoms with Crippen molar-refractivity contribution in [1.29, 1.82) is 0 Å². The molecule has 16 heavy (non-hydrogen) atoms. The quantitative estimate of drug-likeness (QED) is 0.726. The van der Waals surface area contributed by atoms with E-state index in [-0.39, 0.29) is 0 Å². The van der Waals surface area contributed by atoms with Gasteiger partial charge in [0.15, 0.2) is 0 Å². The molecule has 0 aliphatic heterocycles. The summed E-state index contributed by atoms with van der Waals surface area (Å²) in [6.45, 7) is 6.90. The fourth-order valence-corrected chi connectivity index (χ4v) is 2.43. The van der Waals surface area contributed by atoms with E-state index in [0.29, 0.717) is 12.1 Å².